The summed E-state index contributed by atoms with van der Waals surface area (Å²) < 4.78 is 20.2. The molecule has 7 saturated carbocycles. The van der Waals surface area contributed by atoms with Gasteiger partial charge in [0.2, 0.25) is 11.8 Å². The smallest absolute Gasteiger partial charge is 0.232 e. The van der Waals surface area contributed by atoms with Crippen molar-refractivity contribution in [1.82, 2.24) is 10.1 Å². The average Bonchev–Trinajstić information content (AvgIpc) is 3.68. The topological polar surface area (TPSA) is 59.2 Å². The van der Waals surface area contributed by atoms with Gasteiger partial charge in [0, 0.05) is 30.0 Å². The Balaban J connectivity index is 1.06. The van der Waals surface area contributed by atoms with Crippen molar-refractivity contribution < 1.29 is 13.7 Å². The fourth-order valence-electron chi connectivity index (χ4n) is 8.43. The van der Waals surface area contributed by atoms with Crippen molar-refractivity contribution in [3.63, 3.8) is 0 Å². The van der Waals surface area contributed by atoms with Crippen LogP contribution in [-0.2, 0) is 10.2 Å². The molecule has 1 amide bonds. The third kappa shape index (κ3) is 4.43. The molecule has 2 aromatic carbocycles. The van der Waals surface area contributed by atoms with Crippen molar-refractivity contribution in [2.75, 3.05) is 11.4 Å². The van der Waals surface area contributed by atoms with E-state index < -0.39 is 5.67 Å². The van der Waals surface area contributed by atoms with Crippen LogP contribution in [0, 0.1) is 10.8 Å². The maximum Gasteiger partial charge on any atom is 0.232 e. The molecule has 4 bridgehead atoms. The summed E-state index contributed by atoms with van der Waals surface area (Å²) in [6, 6.07) is 13.8. The number of fused-ring (bicyclic) bond motifs is 3. The van der Waals surface area contributed by atoms with E-state index in [-0.39, 0.29) is 22.2 Å². The zero-order valence-electron chi connectivity index (χ0n) is 23.1. The third-order valence-electron chi connectivity index (χ3n) is 11.0. The fraction of sp³-hybridized carbons (Fsp3) is 0.545. The molecule has 0 aliphatic heterocycles. The van der Waals surface area contributed by atoms with Crippen LogP contribution in [0.25, 0.3) is 11.1 Å². The van der Waals surface area contributed by atoms with Crippen molar-refractivity contribution in [3.05, 3.63) is 64.2 Å². The van der Waals surface area contributed by atoms with Crippen LogP contribution in [0.1, 0.15) is 94.7 Å². The number of hydrogen-bond acceptors (Lipinski definition) is 4. The molecule has 0 N–H and O–H groups in total. The highest BCUT2D eigenvalue weighted by Gasteiger charge is 2.69. The van der Waals surface area contributed by atoms with E-state index in [0.29, 0.717) is 48.2 Å². The molecule has 10 rings (SSSR count). The van der Waals surface area contributed by atoms with E-state index in [1.807, 2.05) is 35.2 Å². The van der Waals surface area contributed by atoms with Crippen molar-refractivity contribution in [2.45, 2.75) is 94.1 Å². The van der Waals surface area contributed by atoms with E-state index in [2.05, 4.69) is 11.2 Å². The van der Waals surface area contributed by atoms with Gasteiger partial charge in [-0.25, -0.2) is 4.39 Å². The number of nitrogens with zero attached hydrogens (tertiary/aromatic N) is 3. The molecule has 0 atom stereocenters. The standard InChI is InChI=1S/C33H34Cl2FN3O2/c34-25-7-6-23(15-26(25)35)22-2-1-3-24(14-22)39(27(40)16-31-17-33(36,18-31)19-31)20-30-8-11-32(12-9-30,13-10-30)29-37-28(38-41-29)21-4-5-21/h1-3,6-7,14-15,21H,4-5,8-13,16-20H2. The average molecular weight is 595 g/mol. The first-order valence-corrected chi connectivity index (χ1v) is 15.8. The summed E-state index contributed by atoms with van der Waals surface area (Å²) >= 11 is 12.5. The molecule has 5 nitrogen and oxygen atoms in total. The summed E-state index contributed by atoms with van der Waals surface area (Å²) in [6.45, 7) is 0.681. The van der Waals surface area contributed by atoms with Gasteiger partial charge in [0.05, 0.1) is 10.0 Å². The molecule has 7 aliphatic carbocycles. The van der Waals surface area contributed by atoms with Crippen LogP contribution < -0.4 is 4.90 Å². The number of halogens is 3. The zero-order chi connectivity index (χ0) is 28.0. The Kier molecular flexibility index (Phi) is 5.77. The van der Waals surface area contributed by atoms with E-state index >= 15 is 0 Å². The Labute approximate surface area is 249 Å². The lowest BCUT2D eigenvalue weighted by atomic mass is 9.41. The van der Waals surface area contributed by atoms with E-state index in [0.717, 1.165) is 67.1 Å². The van der Waals surface area contributed by atoms with Crippen molar-refractivity contribution in [3.8, 4) is 11.1 Å². The minimum Gasteiger partial charge on any atom is -0.339 e. The normalized spacial score (nSPS) is 33.2. The van der Waals surface area contributed by atoms with E-state index in [9.17, 15) is 9.18 Å². The number of hydrogen-bond donors (Lipinski definition) is 0. The molecule has 7 fully saturated rings. The molecule has 0 spiro atoms. The lowest BCUT2D eigenvalue weighted by Crippen LogP contribution is -2.65. The van der Waals surface area contributed by atoms with Gasteiger partial charge in [0.25, 0.3) is 0 Å². The van der Waals surface area contributed by atoms with Crippen LogP contribution >= 0.6 is 23.2 Å². The predicted molar refractivity (Wildman–Crippen MR) is 157 cm³/mol. The van der Waals surface area contributed by atoms with Gasteiger partial charge in [0.15, 0.2) is 5.82 Å². The Morgan fingerprint density at radius 1 is 0.927 bits per heavy atom. The van der Waals surface area contributed by atoms with Gasteiger partial charge in [-0.1, -0.05) is 46.6 Å². The van der Waals surface area contributed by atoms with E-state index in [1.54, 1.807) is 6.07 Å². The van der Waals surface area contributed by atoms with Crippen LogP contribution in [0.3, 0.4) is 0 Å². The zero-order valence-corrected chi connectivity index (χ0v) is 24.6. The van der Waals surface area contributed by atoms with Crippen molar-refractivity contribution >= 4 is 34.8 Å². The van der Waals surface area contributed by atoms with Gasteiger partial charge in [-0.15, -0.1) is 0 Å². The van der Waals surface area contributed by atoms with Gasteiger partial charge in [-0.2, -0.15) is 4.98 Å². The quantitative estimate of drug-likeness (QED) is 0.262. The maximum absolute atomic E-state index is 14.3. The minimum atomic E-state index is -1.01. The first kappa shape index (κ1) is 26.2. The Hall–Kier alpha value is -2.44. The van der Waals surface area contributed by atoms with Gasteiger partial charge in [0.1, 0.15) is 5.67 Å². The third-order valence-corrected chi connectivity index (χ3v) is 11.8. The second-order valence-electron chi connectivity index (χ2n) is 14.0. The molecule has 8 heteroatoms. The van der Waals surface area contributed by atoms with Crippen LogP contribution in [0.5, 0.6) is 0 Å². The largest absolute Gasteiger partial charge is 0.339 e. The number of benzene rings is 2. The van der Waals surface area contributed by atoms with Crippen LogP contribution in [0.4, 0.5) is 10.1 Å². The predicted octanol–water partition coefficient (Wildman–Crippen LogP) is 8.83. The lowest BCUT2D eigenvalue weighted by Gasteiger charge is -2.66. The Bertz CT molecular complexity index is 1500. The molecule has 0 unspecified atom stereocenters. The summed E-state index contributed by atoms with van der Waals surface area (Å²) in [5.74, 6) is 2.32. The molecular formula is C33H34Cl2FN3O2. The molecule has 0 saturated heterocycles. The molecule has 0 radical (unpaired) electrons. The van der Waals surface area contributed by atoms with Crippen molar-refractivity contribution in [2.24, 2.45) is 10.8 Å². The second-order valence-corrected chi connectivity index (χ2v) is 14.8. The molecule has 214 valence electrons. The lowest BCUT2D eigenvalue weighted by molar-refractivity contribution is -0.215. The maximum atomic E-state index is 14.3. The van der Waals surface area contributed by atoms with Gasteiger partial charge in [-0.3, -0.25) is 4.79 Å². The Morgan fingerprint density at radius 3 is 2.29 bits per heavy atom. The molecule has 1 aromatic heterocycles. The number of carbonyl (C=O) groups is 1. The number of rotatable bonds is 8. The molecular weight excluding hydrogens is 560 g/mol. The molecule has 1 heterocycles. The molecule has 7 aliphatic rings. The van der Waals surface area contributed by atoms with Gasteiger partial charge >= 0.3 is 0 Å². The monoisotopic (exact) mass is 593 g/mol. The first-order chi connectivity index (χ1) is 19.7. The number of alkyl halides is 1. The first-order valence-electron chi connectivity index (χ1n) is 15.1. The van der Waals surface area contributed by atoms with Crippen LogP contribution in [0.15, 0.2) is 47.0 Å². The fourth-order valence-corrected chi connectivity index (χ4v) is 8.73. The van der Waals surface area contributed by atoms with Crippen molar-refractivity contribution in [1.29, 1.82) is 0 Å². The second kappa shape index (κ2) is 9.03. The highest BCUT2D eigenvalue weighted by atomic mass is 35.5. The van der Waals surface area contributed by atoms with Crippen LogP contribution in [0.2, 0.25) is 10.0 Å². The van der Waals surface area contributed by atoms with Gasteiger partial charge < -0.3 is 9.42 Å². The van der Waals surface area contributed by atoms with Crippen LogP contribution in [-0.4, -0.2) is 28.3 Å². The summed E-state index contributed by atoms with van der Waals surface area (Å²) in [5.41, 5.74) is 1.71. The number of anilines is 1. The minimum absolute atomic E-state index is 0.0220. The highest BCUT2D eigenvalue weighted by molar-refractivity contribution is 6.42. The summed E-state index contributed by atoms with van der Waals surface area (Å²) in [6.07, 6.45) is 10.5. The molecule has 3 aromatic rings. The van der Waals surface area contributed by atoms with Gasteiger partial charge in [-0.05, 0) is 117 Å². The summed E-state index contributed by atoms with van der Waals surface area (Å²) in [4.78, 5) is 20.9. The summed E-state index contributed by atoms with van der Waals surface area (Å²) in [5, 5.41) is 5.33. The number of carbonyl (C=O) groups excluding carboxylic acids is 1. The van der Waals surface area contributed by atoms with E-state index in [1.165, 1.54) is 12.8 Å². The number of amides is 1. The summed E-state index contributed by atoms with van der Waals surface area (Å²) in [7, 11) is 0. The number of aromatic nitrogens is 2. The highest BCUT2D eigenvalue weighted by Crippen LogP contribution is 2.71. The Morgan fingerprint density at radius 2 is 1.63 bits per heavy atom. The molecule has 41 heavy (non-hydrogen) atoms. The van der Waals surface area contributed by atoms with E-state index in [4.69, 9.17) is 32.7 Å². The SMILES string of the molecule is O=C(CC12CC(F)(C1)C2)N(CC12CCC(c3nc(C4CC4)no3)(CC1)CC2)c1cccc(-c2ccc(Cl)c(Cl)c2)c1.